The van der Waals surface area contributed by atoms with Crippen molar-refractivity contribution in [2.75, 3.05) is 31.5 Å². The number of anilines is 1. The van der Waals surface area contributed by atoms with E-state index in [1.54, 1.807) is 6.20 Å². The molecule has 2 N–H and O–H groups in total. The molecule has 6 nitrogen and oxygen atoms in total. The fraction of sp³-hybridized carbons (Fsp3) is 0.474. The maximum Gasteiger partial charge on any atom is 0.320 e. The van der Waals surface area contributed by atoms with Gasteiger partial charge in [0.1, 0.15) is 5.82 Å². The van der Waals surface area contributed by atoms with Crippen LogP contribution in [0, 0.1) is 13.8 Å². The van der Waals surface area contributed by atoms with Crippen molar-refractivity contribution in [1.82, 2.24) is 20.0 Å². The molecular formula is C19H27N5O. The molecular weight excluding hydrogens is 314 g/mol. The number of carbonyl (C=O) groups excluding carboxylic acids is 1. The van der Waals surface area contributed by atoms with E-state index in [1.165, 1.54) is 24.0 Å². The Morgan fingerprint density at radius 3 is 2.80 bits per heavy atom. The second-order valence-electron chi connectivity index (χ2n) is 6.75. The highest BCUT2D eigenvalue weighted by atomic mass is 16.2. The second-order valence-corrected chi connectivity index (χ2v) is 6.75. The summed E-state index contributed by atoms with van der Waals surface area (Å²) in [6.45, 7) is 8.53. The number of rotatable bonds is 6. The minimum absolute atomic E-state index is 0.173. The van der Waals surface area contributed by atoms with Crippen LogP contribution < -0.4 is 10.6 Å². The van der Waals surface area contributed by atoms with E-state index < -0.39 is 0 Å². The van der Waals surface area contributed by atoms with E-state index in [9.17, 15) is 4.79 Å². The normalized spacial score (nSPS) is 14.6. The Morgan fingerprint density at radius 1 is 1.24 bits per heavy atom. The molecule has 1 saturated heterocycles. The fourth-order valence-corrected chi connectivity index (χ4v) is 3.23. The van der Waals surface area contributed by atoms with Crippen LogP contribution in [0.5, 0.6) is 0 Å². The van der Waals surface area contributed by atoms with Gasteiger partial charge in [-0.15, -0.1) is 0 Å². The van der Waals surface area contributed by atoms with E-state index in [2.05, 4.69) is 45.8 Å². The monoisotopic (exact) mass is 341 g/mol. The van der Waals surface area contributed by atoms with Crippen LogP contribution in [0.3, 0.4) is 0 Å². The number of amides is 2. The summed E-state index contributed by atoms with van der Waals surface area (Å²) in [7, 11) is 0. The molecule has 3 rings (SSSR count). The van der Waals surface area contributed by atoms with Gasteiger partial charge in [-0.25, -0.2) is 9.48 Å². The van der Waals surface area contributed by atoms with E-state index in [4.69, 9.17) is 0 Å². The number of nitrogens with zero attached hydrogens (tertiary/aromatic N) is 3. The average molecular weight is 341 g/mol. The maximum absolute atomic E-state index is 12.2. The van der Waals surface area contributed by atoms with Crippen LogP contribution in [0.15, 0.2) is 30.5 Å². The lowest BCUT2D eigenvalue weighted by atomic mass is 10.1. The fourth-order valence-electron chi connectivity index (χ4n) is 3.23. The van der Waals surface area contributed by atoms with Crippen LogP contribution in [0.4, 0.5) is 10.6 Å². The molecule has 0 bridgehead atoms. The largest absolute Gasteiger partial charge is 0.337 e. The molecule has 0 saturated carbocycles. The van der Waals surface area contributed by atoms with Crippen molar-refractivity contribution in [2.24, 2.45) is 0 Å². The number of urea groups is 1. The lowest BCUT2D eigenvalue weighted by Crippen LogP contribution is -2.36. The molecule has 0 atom stereocenters. The molecule has 2 aromatic rings. The molecule has 1 aromatic carbocycles. The first-order valence-electron chi connectivity index (χ1n) is 8.97. The lowest BCUT2D eigenvalue weighted by molar-refractivity contribution is 0.249. The van der Waals surface area contributed by atoms with Gasteiger partial charge < -0.3 is 10.2 Å². The second kappa shape index (κ2) is 8.16. The molecule has 2 amide bonds. The van der Waals surface area contributed by atoms with Gasteiger partial charge >= 0.3 is 6.03 Å². The zero-order chi connectivity index (χ0) is 17.6. The summed E-state index contributed by atoms with van der Waals surface area (Å²) in [4.78, 5) is 14.6. The number of aromatic nitrogens is 2. The Kier molecular flexibility index (Phi) is 5.71. The summed E-state index contributed by atoms with van der Waals surface area (Å²) in [5.74, 6) is 0.750. The first-order chi connectivity index (χ1) is 12.1. The summed E-state index contributed by atoms with van der Waals surface area (Å²) in [6, 6.07) is 8.15. The first-order valence-corrected chi connectivity index (χ1v) is 8.97. The summed E-state index contributed by atoms with van der Waals surface area (Å²) >= 11 is 0. The van der Waals surface area contributed by atoms with Crippen molar-refractivity contribution in [3.63, 3.8) is 0 Å². The Balaban J connectivity index is 1.56. The van der Waals surface area contributed by atoms with Gasteiger partial charge in [-0.05, 0) is 45.3 Å². The standard InChI is InChI=1S/C19H27N5O/c1-15-6-5-7-17(12-15)14-24-18(16(2)13-21-24)22-19(25)20-8-11-23-9-3-4-10-23/h5-7,12-13H,3-4,8-11,14H2,1-2H3,(H2,20,22,25). The zero-order valence-electron chi connectivity index (χ0n) is 15.1. The number of carbonyl (C=O) groups is 1. The van der Waals surface area contributed by atoms with Gasteiger partial charge in [0.25, 0.3) is 0 Å². The van der Waals surface area contributed by atoms with Crippen molar-refractivity contribution < 1.29 is 4.79 Å². The molecule has 1 aliphatic rings. The van der Waals surface area contributed by atoms with Gasteiger partial charge in [0.05, 0.1) is 12.7 Å². The van der Waals surface area contributed by atoms with Crippen molar-refractivity contribution >= 4 is 11.8 Å². The lowest BCUT2D eigenvalue weighted by Gasteiger charge is -2.15. The van der Waals surface area contributed by atoms with E-state index in [0.717, 1.165) is 31.0 Å². The SMILES string of the molecule is Cc1cccc(Cn2ncc(C)c2NC(=O)NCCN2CCCC2)c1. The number of hydrogen-bond donors (Lipinski definition) is 2. The third-order valence-electron chi connectivity index (χ3n) is 4.58. The van der Waals surface area contributed by atoms with Crippen LogP contribution in [-0.2, 0) is 6.54 Å². The zero-order valence-corrected chi connectivity index (χ0v) is 15.1. The van der Waals surface area contributed by atoms with Crippen molar-refractivity contribution in [3.05, 3.63) is 47.2 Å². The molecule has 0 radical (unpaired) electrons. The third-order valence-corrected chi connectivity index (χ3v) is 4.58. The van der Waals surface area contributed by atoms with Crippen molar-refractivity contribution in [2.45, 2.75) is 33.2 Å². The number of nitrogens with one attached hydrogen (secondary N) is 2. The molecule has 0 unspecified atom stereocenters. The quantitative estimate of drug-likeness (QED) is 0.849. The van der Waals surface area contributed by atoms with Crippen molar-refractivity contribution in [1.29, 1.82) is 0 Å². The minimum atomic E-state index is -0.173. The Bertz CT molecular complexity index is 718. The third kappa shape index (κ3) is 4.82. The highest BCUT2D eigenvalue weighted by Gasteiger charge is 2.13. The van der Waals surface area contributed by atoms with Gasteiger partial charge in [0.2, 0.25) is 0 Å². The molecule has 2 heterocycles. The van der Waals surface area contributed by atoms with Gasteiger partial charge in [-0.1, -0.05) is 29.8 Å². The van der Waals surface area contributed by atoms with Crippen molar-refractivity contribution in [3.8, 4) is 0 Å². The highest BCUT2D eigenvalue weighted by molar-refractivity contribution is 5.89. The number of hydrogen-bond acceptors (Lipinski definition) is 3. The number of benzene rings is 1. The van der Waals surface area contributed by atoms with E-state index in [0.29, 0.717) is 13.1 Å². The predicted molar refractivity (Wildman–Crippen MR) is 99.9 cm³/mol. The van der Waals surface area contributed by atoms with Crippen LogP contribution in [0.2, 0.25) is 0 Å². The van der Waals surface area contributed by atoms with Crippen LogP contribution in [0.25, 0.3) is 0 Å². The highest BCUT2D eigenvalue weighted by Crippen LogP contribution is 2.16. The summed E-state index contributed by atoms with van der Waals surface area (Å²) in [6.07, 6.45) is 4.32. The average Bonchev–Trinajstić information content (AvgIpc) is 3.20. The molecule has 25 heavy (non-hydrogen) atoms. The maximum atomic E-state index is 12.2. The Labute approximate surface area is 149 Å². The number of likely N-dealkylation sites (tertiary alicyclic amines) is 1. The van der Waals surface area contributed by atoms with Gasteiger partial charge in [-0.2, -0.15) is 5.10 Å². The number of aryl methyl sites for hydroxylation is 2. The minimum Gasteiger partial charge on any atom is -0.337 e. The summed E-state index contributed by atoms with van der Waals surface area (Å²) in [5.41, 5.74) is 3.35. The Hall–Kier alpha value is -2.34. The molecule has 1 aliphatic heterocycles. The van der Waals surface area contributed by atoms with Gasteiger partial charge in [0.15, 0.2) is 0 Å². The topological polar surface area (TPSA) is 62.2 Å². The van der Waals surface area contributed by atoms with Crippen LogP contribution in [-0.4, -0.2) is 46.9 Å². The molecule has 1 aromatic heterocycles. The smallest absolute Gasteiger partial charge is 0.320 e. The molecule has 1 fully saturated rings. The molecule has 0 aliphatic carbocycles. The van der Waals surface area contributed by atoms with Crippen LogP contribution in [0.1, 0.15) is 29.5 Å². The predicted octanol–water partition coefficient (Wildman–Crippen LogP) is 2.77. The van der Waals surface area contributed by atoms with E-state index in [1.807, 2.05) is 17.7 Å². The Morgan fingerprint density at radius 2 is 2.04 bits per heavy atom. The van der Waals surface area contributed by atoms with Crippen LogP contribution >= 0.6 is 0 Å². The summed E-state index contributed by atoms with van der Waals surface area (Å²) in [5, 5.41) is 10.3. The first kappa shape index (κ1) is 17.5. The summed E-state index contributed by atoms with van der Waals surface area (Å²) < 4.78 is 1.84. The van der Waals surface area contributed by atoms with Gasteiger partial charge in [-0.3, -0.25) is 5.32 Å². The molecule has 134 valence electrons. The molecule has 6 heteroatoms. The van der Waals surface area contributed by atoms with Gasteiger partial charge in [0, 0.05) is 18.7 Å². The van der Waals surface area contributed by atoms with E-state index >= 15 is 0 Å². The van der Waals surface area contributed by atoms with E-state index in [-0.39, 0.29) is 6.03 Å². The molecule has 0 spiro atoms.